The van der Waals surface area contributed by atoms with E-state index < -0.39 is 0 Å². The Bertz CT molecular complexity index is 671. The SMILES string of the molecule is CC(Cc1ccco1)NCc1cccc2cnccc12. The molecule has 0 fully saturated rings. The molecule has 0 amide bonds. The van der Waals surface area contributed by atoms with Gasteiger partial charge in [0.15, 0.2) is 0 Å². The molecule has 0 aliphatic carbocycles. The number of hydrogen-bond acceptors (Lipinski definition) is 3. The van der Waals surface area contributed by atoms with Crippen molar-refractivity contribution < 1.29 is 4.42 Å². The van der Waals surface area contributed by atoms with Gasteiger partial charge in [-0.2, -0.15) is 0 Å². The third kappa shape index (κ3) is 2.89. The molecule has 3 nitrogen and oxygen atoms in total. The first-order chi connectivity index (χ1) is 9.83. The number of benzene rings is 1. The Labute approximate surface area is 118 Å². The first-order valence-electron chi connectivity index (χ1n) is 6.90. The highest BCUT2D eigenvalue weighted by Crippen LogP contribution is 2.17. The fourth-order valence-electron chi connectivity index (χ4n) is 2.43. The Morgan fingerprint density at radius 1 is 1.20 bits per heavy atom. The second kappa shape index (κ2) is 5.88. The molecule has 0 spiro atoms. The summed E-state index contributed by atoms with van der Waals surface area (Å²) >= 11 is 0. The monoisotopic (exact) mass is 266 g/mol. The van der Waals surface area contributed by atoms with Crippen LogP contribution >= 0.6 is 0 Å². The van der Waals surface area contributed by atoms with E-state index in [1.54, 1.807) is 6.26 Å². The van der Waals surface area contributed by atoms with E-state index in [-0.39, 0.29) is 0 Å². The zero-order chi connectivity index (χ0) is 13.8. The van der Waals surface area contributed by atoms with Crippen molar-refractivity contribution in [3.8, 4) is 0 Å². The zero-order valence-corrected chi connectivity index (χ0v) is 11.5. The molecule has 0 aliphatic rings. The van der Waals surface area contributed by atoms with Gasteiger partial charge in [0.05, 0.1) is 6.26 Å². The van der Waals surface area contributed by atoms with Crippen molar-refractivity contribution in [2.45, 2.75) is 25.9 Å². The van der Waals surface area contributed by atoms with Crippen molar-refractivity contribution >= 4 is 10.8 Å². The van der Waals surface area contributed by atoms with E-state index in [1.165, 1.54) is 16.3 Å². The molecule has 20 heavy (non-hydrogen) atoms. The summed E-state index contributed by atoms with van der Waals surface area (Å²) in [5.41, 5.74) is 1.30. The average molecular weight is 266 g/mol. The molecule has 3 aromatic rings. The predicted molar refractivity (Wildman–Crippen MR) is 80.5 cm³/mol. The standard InChI is InChI=1S/C17H18N2O/c1-13(10-16-6-3-9-20-16)19-12-15-5-2-4-14-11-18-8-7-17(14)15/h2-9,11,13,19H,10,12H2,1H3. The smallest absolute Gasteiger partial charge is 0.105 e. The molecular formula is C17H18N2O. The largest absolute Gasteiger partial charge is 0.469 e. The summed E-state index contributed by atoms with van der Waals surface area (Å²) in [6, 6.07) is 12.7. The van der Waals surface area contributed by atoms with Crippen LogP contribution in [0.2, 0.25) is 0 Å². The number of nitrogens with one attached hydrogen (secondary N) is 1. The van der Waals surface area contributed by atoms with Crippen LogP contribution in [0.4, 0.5) is 0 Å². The van der Waals surface area contributed by atoms with Gasteiger partial charge < -0.3 is 9.73 Å². The van der Waals surface area contributed by atoms with Gasteiger partial charge in [-0.25, -0.2) is 0 Å². The van der Waals surface area contributed by atoms with Crippen LogP contribution in [0, 0.1) is 0 Å². The highest BCUT2D eigenvalue weighted by Gasteiger charge is 2.06. The highest BCUT2D eigenvalue weighted by molar-refractivity contribution is 5.84. The van der Waals surface area contributed by atoms with Crippen molar-refractivity contribution in [3.05, 3.63) is 66.4 Å². The number of nitrogens with zero attached hydrogens (tertiary/aromatic N) is 1. The number of aromatic nitrogens is 1. The molecule has 0 saturated heterocycles. The minimum Gasteiger partial charge on any atom is -0.469 e. The van der Waals surface area contributed by atoms with Crippen molar-refractivity contribution in [1.82, 2.24) is 10.3 Å². The van der Waals surface area contributed by atoms with E-state index in [1.807, 2.05) is 24.5 Å². The molecule has 2 heterocycles. The molecule has 3 heteroatoms. The Kier molecular flexibility index (Phi) is 3.79. The van der Waals surface area contributed by atoms with Gasteiger partial charge in [0.1, 0.15) is 5.76 Å². The number of fused-ring (bicyclic) bond motifs is 1. The lowest BCUT2D eigenvalue weighted by atomic mass is 10.1. The fraction of sp³-hybridized carbons (Fsp3) is 0.235. The molecule has 0 aliphatic heterocycles. The first-order valence-corrected chi connectivity index (χ1v) is 6.90. The number of hydrogen-bond donors (Lipinski definition) is 1. The quantitative estimate of drug-likeness (QED) is 0.767. The topological polar surface area (TPSA) is 38.1 Å². The number of pyridine rings is 1. The predicted octanol–water partition coefficient (Wildman–Crippen LogP) is 3.55. The Morgan fingerprint density at radius 2 is 2.15 bits per heavy atom. The van der Waals surface area contributed by atoms with Gasteiger partial charge in [0.25, 0.3) is 0 Å². The van der Waals surface area contributed by atoms with Crippen LogP contribution in [0.1, 0.15) is 18.2 Å². The molecule has 1 atom stereocenters. The lowest BCUT2D eigenvalue weighted by Crippen LogP contribution is -2.27. The fourth-order valence-corrected chi connectivity index (χ4v) is 2.43. The third-order valence-corrected chi connectivity index (χ3v) is 3.50. The van der Waals surface area contributed by atoms with Gasteiger partial charge in [-0.3, -0.25) is 4.98 Å². The van der Waals surface area contributed by atoms with Crippen LogP contribution < -0.4 is 5.32 Å². The van der Waals surface area contributed by atoms with E-state index in [0.29, 0.717) is 6.04 Å². The van der Waals surface area contributed by atoms with Gasteiger partial charge in [0.2, 0.25) is 0 Å². The Morgan fingerprint density at radius 3 is 3.00 bits per heavy atom. The van der Waals surface area contributed by atoms with Crippen molar-refractivity contribution in [3.63, 3.8) is 0 Å². The number of rotatable bonds is 5. The number of furan rings is 1. The zero-order valence-electron chi connectivity index (χ0n) is 11.5. The highest BCUT2D eigenvalue weighted by atomic mass is 16.3. The molecule has 102 valence electrons. The van der Waals surface area contributed by atoms with Gasteiger partial charge in [-0.15, -0.1) is 0 Å². The Balaban J connectivity index is 1.67. The molecule has 0 bridgehead atoms. The van der Waals surface area contributed by atoms with Gasteiger partial charge in [0, 0.05) is 36.8 Å². The maximum atomic E-state index is 5.38. The van der Waals surface area contributed by atoms with E-state index in [4.69, 9.17) is 4.42 Å². The van der Waals surface area contributed by atoms with Gasteiger partial charge >= 0.3 is 0 Å². The van der Waals surface area contributed by atoms with E-state index in [9.17, 15) is 0 Å². The minimum absolute atomic E-state index is 0.373. The molecule has 0 saturated carbocycles. The Hall–Kier alpha value is -2.13. The third-order valence-electron chi connectivity index (χ3n) is 3.50. The van der Waals surface area contributed by atoms with Crippen molar-refractivity contribution in [1.29, 1.82) is 0 Å². The summed E-state index contributed by atoms with van der Waals surface area (Å²) in [4.78, 5) is 4.17. The maximum absolute atomic E-state index is 5.38. The van der Waals surface area contributed by atoms with E-state index in [2.05, 4.69) is 41.5 Å². The maximum Gasteiger partial charge on any atom is 0.105 e. The molecule has 2 aromatic heterocycles. The summed E-state index contributed by atoms with van der Waals surface area (Å²) in [6.45, 7) is 3.03. The molecule has 3 rings (SSSR count). The second-order valence-corrected chi connectivity index (χ2v) is 5.08. The molecule has 1 N–H and O–H groups in total. The molecular weight excluding hydrogens is 248 g/mol. The van der Waals surface area contributed by atoms with Crippen molar-refractivity contribution in [2.24, 2.45) is 0 Å². The molecule has 1 unspecified atom stereocenters. The van der Waals surface area contributed by atoms with Crippen LogP contribution in [-0.2, 0) is 13.0 Å². The molecule has 0 radical (unpaired) electrons. The van der Waals surface area contributed by atoms with Crippen LogP contribution in [0.25, 0.3) is 10.8 Å². The summed E-state index contributed by atoms with van der Waals surface area (Å²) in [5.74, 6) is 1.02. The first kappa shape index (κ1) is 12.9. The normalized spacial score (nSPS) is 12.7. The summed E-state index contributed by atoms with van der Waals surface area (Å²) in [7, 11) is 0. The van der Waals surface area contributed by atoms with E-state index in [0.717, 1.165) is 18.7 Å². The summed E-state index contributed by atoms with van der Waals surface area (Å²) < 4.78 is 5.38. The lowest BCUT2D eigenvalue weighted by Gasteiger charge is -2.13. The van der Waals surface area contributed by atoms with E-state index >= 15 is 0 Å². The minimum atomic E-state index is 0.373. The van der Waals surface area contributed by atoms with Crippen LogP contribution in [-0.4, -0.2) is 11.0 Å². The van der Waals surface area contributed by atoms with Crippen LogP contribution in [0.15, 0.2) is 59.5 Å². The van der Waals surface area contributed by atoms with Gasteiger partial charge in [-0.1, -0.05) is 18.2 Å². The summed E-state index contributed by atoms with van der Waals surface area (Å²) in [5, 5.41) is 6.00. The van der Waals surface area contributed by atoms with Crippen LogP contribution in [0.5, 0.6) is 0 Å². The van der Waals surface area contributed by atoms with Crippen LogP contribution in [0.3, 0.4) is 0 Å². The lowest BCUT2D eigenvalue weighted by molar-refractivity contribution is 0.457. The van der Waals surface area contributed by atoms with Gasteiger partial charge in [-0.05, 0) is 36.1 Å². The summed E-state index contributed by atoms with van der Waals surface area (Å²) in [6.07, 6.45) is 6.38. The van der Waals surface area contributed by atoms with Crippen molar-refractivity contribution in [2.75, 3.05) is 0 Å². The average Bonchev–Trinajstić information content (AvgIpc) is 2.98. The second-order valence-electron chi connectivity index (χ2n) is 5.08. The molecule has 1 aromatic carbocycles.